The molecule has 0 radical (unpaired) electrons. The van der Waals surface area contributed by atoms with Gasteiger partial charge in [-0.25, -0.2) is 8.42 Å². The maximum atomic E-state index is 11.4. The Labute approximate surface area is 121 Å². The van der Waals surface area contributed by atoms with E-state index in [4.69, 9.17) is 11.6 Å². The van der Waals surface area contributed by atoms with Gasteiger partial charge in [-0.2, -0.15) is 0 Å². The van der Waals surface area contributed by atoms with Gasteiger partial charge in [0.2, 0.25) is 2.21 Å². The van der Waals surface area contributed by atoms with E-state index < -0.39 is 18.2 Å². The van der Waals surface area contributed by atoms with Gasteiger partial charge in [0, 0.05) is 10.7 Å². The third-order valence-electron chi connectivity index (χ3n) is 2.00. The maximum absolute atomic E-state index is 11.4. The predicted molar refractivity (Wildman–Crippen MR) is 76.5 cm³/mol. The molecule has 0 aliphatic carbocycles. The third-order valence-corrected chi connectivity index (χ3v) is 7.78. The molecule has 0 fully saturated rings. The van der Waals surface area contributed by atoms with Crippen LogP contribution in [0.3, 0.4) is 0 Å². The van der Waals surface area contributed by atoms with Crippen LogP contribution in [0.5, 0.6) is 0 Å². The zero-order valence-corrected chi connectivity index (χ0v) is 13.5. The van der Waals surface area contributed by atoms with Crippen molar-refractivity contribution in [1.82, 2.24) is 0 Å². The Morgan fingerprint density at radius 1 is 1.44 bits per heavy atom. The lowest BCUT2D eigenvalue weighted by atomic mass is 10.1. The lowest BCUT2D eigenvalue weighted by Crippen LogP contribution is -2.31. The highest BCUT2D eigenvalue weighted by atomic mass is 127. The average Bonchev–Trinajstić information content (AvgIpc) is 2.16. The fraction of sp³-hybridized carbons (Fsp3) is 0.333. The van der Waals surface area contributed by atoms with E-state index in [0.29, 0.717) is 5.56 Å². The normalized spacial score (nSPS) is 17.8. The van der Waals surface area contributed by atoms with Gasteiger partial charge in [0.1, 0.15) is 6.10 Å². The third kappa shape index (κ3) is 3.10. The monoisotopic (exact) mass is 438 g/mol. The van der Waals surface area contributed by atoms with Crippen molar-refractivity contribution >= 4 is 60.0 Å². The highest BCUT2D eigenvalue weighted by Crippen LogP contribution is 2.42. The molecule has 16 heavy (non-hydrogen) atoms. The van der Waals surface area contributed by atoms with E-state index in [2.05, 4.69) is 15.9 Å². The number of halogens is 3. The highest BCUT2D eigenvalue weighted by Gasteiger charge is 2.43. The van der Waals surface area contributed by atoms with Gasteiger partial charge in [0.05, 0.1) is 0 Å². The summed E-state index contributed by atoms with van der Waals surface area (Å²) in [5, 5.41) is 9.94. The van der Waals surface area contributed by atoms with Crippen LogP contribution in [0.25, 0.3) is 0 Å². The van der Waals surface area contributed by atoms with E-state index >= 15 is 0 Å². The molecule has 2 unspecified atom stereocenters. The number of hydrogen-bond donors (Lipinski definition) is 1. The Balaban J connectivity index is 3.12. The zero-order valence-electron chi connectivity index (χ0n) is 8.19. The van der Waals surface area contributed by atoms with Crippen LogP contribution >= 0.6 is 50.1 Å². The van der Waals surface area contributed by atoms with Gasteiger partial charge in [-0.3, -0.25) is 0 Å². The Bertz CT molecular complexity index is 472. The lowest BCUT2D eigenvalue weighted by Gasteiger charge is -2.24. The largest absolute Gasteiger partial charge is 0.385 e. The van der Waals surface area contributed by atoms with Gasteiger partial charge in [-0.1, -0.05) is 39.7 Å². The molecule has 3 nitrogen and oxygen atoms in total. The van der Waals surface area contributed by atoms with Crippen LogP contribution in [0.1, 0.15) is 11.7 Å². The van der Waals surface area contributed by atoms with E-state index in [0.717, 1.165) is 10.7 Å². The first-order valence-electron chi connectivity index (χ1n) is 4.17. The standard InChI is InChI=1S/C9H9BrClIO3S/c1-16(14,15)9(11,12)8(13)6-2-4-7(10)5-3-6/h2-5,8,13H,1H3. The molecular formula is C9H9BrClIO3S. The first-order chi connectivity index (χ1) is 7.16. The van der Waals surface area contributed by atoms with Crippen LogP contribution in [-0.4, -0.2) is 22.0 Å². The molecule has 0 heterocycles. The number of aliphatic hydroxyl groups is 1. The minimum Gasteiger partial charge on any atom is -0.385 e. The van der Waals surface area contributed by atoms with E-state index in [1.807, 2.05) is 0 Å². The smallest absolute Gasteiger partial charge is 0.224 e. The van der Waals surface area contributed by atoms with Gasteiger partial charge < -0.3 is 5.11 Å². The SMILES string of the molecule is CS(=O)(=O)C(Cl)(I)C(O)c1ccc(Br)cc1. The van der Waals surface area contributed by atoms with Gasteiger partial charge in [-0.05, 0) is 40.3 Å². The molecule has 1 aromatic carbocycles. The summed E-state index contributed by atoms with van der Waals surface area (Å²) in [6, 6.07) is 6.67. The summed E-state index contributed by atoms with van der Waals surface area (Å²) >= 11 is 10.7. The summed E-state index contributed by atoms with van der Waals surface area (Å²) in [4.78, 5) is 0. The van der Waals surface area contributed by atoms with Gasteiger partial charge in [-0.15, -0.1) is 0 Å². The minimum atomic E-state index is -3.57. The van der Waals surface area contributed by atoms with Crippen LogP contribution in [0.4, 0.5) is 0 Å². The van der Waals surface area contributed by atoms with E-state index in [-0.39, 0.29) is 0 Å². The quantitative estimate of drug-likeness (QED) is 0.582. The van der Waals surface area contributed by atoms with Crippen LogP contribution in [0.15, 0.2) is 28.7 Å². The molecule has 1 rings (SSSR count). The second-order valence-corrected chi connectivity index (χ2v) is 10.3. The summed E-state index contributed by atoms with van der Waals surface area (Å²) < 4.78 is 21.9. The second kappa shape index (κ2) is 5.09. The first-order valence-corrected chi connectivity index (χ1v) is 8.31. The topological polar surface area (TPSA) is 54.4 Å². The molecule has 0 saturated heterocycles. The van der Waals surface area contributed by atoms with Crippen molar-refractivity contribution < 1.29 is 13.5 Å². The average molecular weight is 439 g/mol. The number of alkyl halides is 2. The molecule has 0 aliphatic rings. The van der Waals surface area contributed by atoms with Crippen LogP contribution < -0.4 is 0 Å². The van der Waals surface area contributed by atoms with Crippen molar-refractivity contribution in [2.24, 2.45) is 0 Å². The van der Waals surface area contributed by atoms with Crippen LogP contribution in [-0.2, 0) is 9.84 Å². The van der Waals surface area contributed by atoms with E-state index in [1.165, 1.54) is 22.6 Å². The number of hydrogen-bond acceptors (Lipinski definition) is 3. The molecule has 0 amide bonds. The summed E-state index contributed by atoms with van der Waals surface area (Å²) in [7, 11) is -3.57. The zero-order chi connectivity index (χ0) is 12.6. The van der Waals surface area contributed by atoms with Crippen molar-refractivity contribution in [3.05, 3.63) is 34.3 Å². The summed E-state index contributed by atoms with van der Waals surface area (Å²) in [6.07, 6.45) is -0.285. The van der Waals surface area contributed by atoms with Crippen molar-refractivity contribution in [2.45, 2.75) is 8.32 Å². The number of sulfone groups is 1. The minimum absolute atomic E-state index is 0.457. The maximum Gasteiger partial charge on any atom is 0.224 e. The van der Waals surface area contributed by atoms with Crippen molar-refractivity contribution in [3.8, 4) is 0 Å². The Kier molecular flexibility index (Phi) is 4.68. The summed E-state index contributed by atoms with van der Waals surface area (Å²) in [5.74, 6) is 0. The van der Waals surface area contributed by atoms with Crippen molar-refractivity contribution in [2.75, 3.05) is 6.26 Å². The molecule has 0 aromatic heterocycles. The van der Waals surface area contributed by atoms with E-state index in [1.54, 1.807) is 24.3 Å². The Morgan fingerprint density at radius 2 is 1.88 bits per heavy atom. The molecular weight excluding hydrogens is 430 g/mol. The number of aliphatic hydroxyl groups excluding tert-OH is 1. The number of rotatable bonds is 3. The lowest BCUT2D eigenvalue weighted by molar-refractivity contribution is 0.188. The van der Waals surface area contributed by atoms with Crippen molar-refractivity contribution in [3.63, 3.8) is 0 Å². The molecule has 0 aliphatic heterocycles. The molecule has 90 valence electrons. The van der Waals surface area contributed by atoms with Gasteiger partial charge in [0.15, 0.2) is 9.84 Å². The fourth-order valence-electron chi connectivity index (χ4n) is 1.04. The molecule has 0 saturated carbocycles. The fourth-order valence-corrected chi connectivity index (χ4v) is 2.33. The molecule has 1 aromatic rings. The first kappa shape index (κ1) is 14.7. The predicted octanol–water partition coefficient (Wildman–Crippen LogP) is 2.85. The molecule has 1 N–H and O–H groups in total. The van der Waals surface area contributed by atoms with E-state index in [9.17, 15) is 13.5 Å². The molecule has 0 spiro atoms. The van der Waals surface area contributed by atoms with Crippen LogP contribution in [0.2, 0.25) is 0 Å². The van der Waals surface area contributed by atoms with Gasteiger partial charge >= 0.3 is 0 Å². The molecule has 7 heteroatoms. The molecule has 0 bridgehead atoms. The van der Waals surface area contributed by atoms with Gasteiger partial charge in [0.25, 0.3) is 0 Å². The summed E-state index contributed by atoms with van der Waals surface area (Å²) in [6.45, 7) is 0. The second-order valence-electron chi connectivity index (χ2n) is 3.29. The number of benzene rings is 1. The Morgan fingerprint density at radius 3 is 2.25 bits per heavy atom. The molecule has 2 atom stereocenters. The van der Waals surface area contributed by atoms with Crippen LogP contribution in [0, 0.1) is 0 Å². The Hall–Kier alpha value is 0.630. The van der Waals surface area contributed by atoms with Crippen molar-refractivity contribution in [1.29, 1.82) is 0 Å². The summed E-state index contributed by atoms with van der Waals surface area (Å²) in [5.41, 5.74) is 0.457. The highest BCUT2D eigenvalue weighted by molar-refractivity contribution is 14.1.